The number of nitrogens with one attached hydrogen (secondary N) is 1. The van der Waals surface area contributed by atoms with E-state index in [4.69, 9.17) is 26.3 Å². The molecule has 0 saturated heterocycles. The number of hydrogen-bond acceptors (Lipinski definition) is 2. The van der Waals surface area contributed by atoms with E-state index in [1.54, 1.807) is 0 Å². The Morgan fingerprint density at radius 1 is 1.80 bits per heavy atom. The monoisotopic (exact) mass is 149 g/mol. The smallest absolute Gasteiger partial charge is 0.382 e. The van der Waals surface area contributed by atoms with E-state index in [2.05, 4.69) is 15.8 Å². The SMILES string of the molecule is O=[N+](O)O.[N-]=[N+]=NC(=N)N. The molecule has 0 spiro atoms. The van der Waals surface area contributed by atoms with E-state index >= 15 is 0 Å². The van der Waals surface area contributed by atoms with Crippen molar-refractivity contribution < 1.29 is 15.5 Å². The quantitative estimate of drug-likeness (QED) is 0.0931. The number of hydrogen-bond donors (Lipinski definition) is 4. The van der Waals surface area contributed by atoms with Gasteiger partial charge in [-0.3, -0.25) is 5.41 Å². The Balaban J connectivity index is 0. The molecule has 0 atom stereocenters. The molecule has 5 N–H and O–H groups in total. The molecule has 0 radical (unpaired) electrons. The molecule has 0 rings (SSSR count). The van der Waals surface area contributed by atoms with Gasteiger partial charge in [-0.15, -0.1) is 0 Å². The van der Waals surface area contributed by atoms with Gasteiger partial charge in [-0.2, -0.15) is 0 Å². The molecular weight excluding hydrogens is 144 g/mol. The van der Waals surface area contributed by atoms with Crippen LogP contribution in [0, 0.1) is 10.3 Å². The highest BCUT2D eigenvalue weighted by Gasteiger charge is 1.78. The fourth-order valence-corrected chi connectivity index (χ4v) is 0.0482. The lowest BCUT2D eigenvalue weighted by Gasteiger charge is -1.69. The third-order valence-electron chi connectivity index (χ3n) is 0.152. The molecule has 0 aromatic rings. The number of nitrogens with zero attached hydrogens (tertiary/aromatic N) is 4. The van der Waals surface area contributed by atoms with Gasteiger partial charge in [-0.25, -0.2) is 10.4 Å². The zero-order valence-electron chi connectivity index (χ0n) is 4.67. The lowest BCUT2D eigenvalue weighted by Crippen LogP contribution is -2.02. The van der Waals surface area contributed by atoms with Crippen LogP contribution in [0.5, 0.6) is 0 Å². The standard InChI is InChI=1S/CH3N5.H2NO3/c2-1(3)5-6-4;2-1(3)4/h(H3,2,3);(H2,2,3,4)/q;+1. The molecule has 0 aromatic carbocycles. The summed E-state index contributed by atoms with van der Waals surface area (Å²) in [4.78, 5) is 10.7. The number of guanidine groups is 1. The molecule has 0 saturated carbocycles. The minimum Gasteiger partial charge on any atom is -0.382 e. The summed E-state index contributed by atoms with van der Waals surface area (Å²) in [6.07, 6.45) is 0. The van der Waals surface area contributed by atoms with E-state index in [0.717, 1.165) is 0 Å². The second kappa shape index (κ2) is 6.98. The van der Waals surface area contributed by atoms with Crippen molar-refractivity contribution in [2.45, 2.75) is 0 Å². The van der Waals surface area contributed by atoms with Crippen molar-refractivity contribution in [2.75, 3.05) is 0 Å². The Bertz CT molecular complexity index is 164. The maximum Gasteiger partial charge on any atom is 0.472 e. The fourth-order valence-electron chi connectivity index (χ4n) is 0.0482. The Hall–Kier alpha value is -2.02. The van der Waals surface area contributed by atoms with E-state index in [1.165, 1.54) is 0 Å². The molecular formula is CH5N6O3+. The Kier molecular flexibility index (Phi) is 7.59. The molecule has 9 heteroatoms. The first kappa shape index (κ1) is 10.9. The largest absolute Gasteiger partial charge is 0.472 e. The van der Waals surface area contributed by atoms with Gasteiger partial charge in [0.25, 0.3) is 0 Å². The lowest BCUT2D eigenvalue weighted by molar-refractivity contribution is -0.969. The van der Waals surface area contributed by atoms with Crippen LogP contribution >= 0.6 is 0 Å². The van der Waals surface area contributed by atoms with Gasteiger partial charge >= 0.3 is 5.09 Å². The summed E-state index contributed by atoms with van der Waals surface area (Å²) in [5.74, 6) is -0.502. The van der Waals surface area contributed by atoms with E-state index in [-0.39, 0.29) is 0 Å². The Morgan fingerprint density at radius 3 is 2.10 bits per heavy atom. The van der Waals surface area contributed by atoms with Crippen LogP contribution in [0.25, 0.3) is 10.4 Å². The van der Waals surface area contributed by atoms with Crippen LogP contribution in [0.2, 0.25) is 0 Å². The maximum absolute atomic E-state index is 8.47. The number of azide groups is 1. The summed E-state index contributed by atoms with van der Waals surface area (Å²) < 4.78 is 0. The predicted molar refractivity (Wildman–Crippen MR) is 28.3 cm³/mol. The molecule has 0 fully saturated rings. The molecule has 0 aliphatic rings. The van der Waals surface area contributed by atoms with Gasteiger partial charge in [0.15, 0.2) is 5.96 Å². The van der Waals surface area contributed by atoms with Gasteiger partial charge < -0.3 is 5.73 Å². The Labute approximate surface area is 54.3 Å². The summed E-state index contributed by atoms with van der Waals surface area (Å²) in [5.41, 5.74) is 12.0. The first-order valence-corrected chi connectivity index (χ1v) is 1.74. The lowest BCUT2D eigenvalue weighted by atomic mass is 11.1. The van der Waals surface area contributed by atoms with Gasteiger partial charge in [0.1, 0.15) is 4.91 Å². The second-order valence-corrected chi connectivity index (χ2v) is 0.827. The highest BCUT2D eigenvalue weighted by Crippen LogP contribution is 1.59. The highest BCUT2D eigenvalue weighted by molar-refractivity contribution is 5.74. The van der Waals surface area contributed by atoms with Crippen LogP contribution in [0.3, 0.4) is 0 Å². The third-order valence-corrected chi connectivity index (χ3v) is 0.152. The normalized spacial score (nSPS) is 6.00. The zero-order valence-corrected chi connectivity index (χ0v) is 4.67. The third kappa shape index (κ3) is 154. The summed E-state index contributed by atoms with van der Waals surface area (Å²) >= 11 is 0. The van der Waals surface area contributed by atoms with Crippen LogP contribution < -0.4 is 5.73 Å². The maximum atomic E-state index is 8.47. The molecule has 56 valence electrons. The van der Waals surface area contributed by atoms with Crippen molar-refractivity contribution in [3.8, 4) is 0 Å². The molecule has 9 nitrogen and oxygen atoms in total. The summed E-state index contributed by atoms with van der Waals surface area (Å²) in [6, 6.07) is 0. The topological polar surface area (TPSA) is 159 Å². The van der Waals surface area contributed by atoms with Crippen LogP contribution in [0.4, 0.5) is 0 Å². The van der Waals surface area contributed by atoms with Crippen LogP contribution in [0.15, 0.2) is 5.11 Å². The minimum atomic E-state index is -1.25. The van der Waals surface area contributed by atoms with Gasteiger partial charge in [-0.05, 0) is 10.6 Å². The van der Waals surface area contributed by atoms with Gasteiger partial charge in [0, 0.05) is 4.91 Å². The minimum absolute atomic E-state index is 0.502. The van der Waals surface area contributed by atoms with E-state index in [0.29, 0.717) is 0 Å². The Morgan fingerprint density at radius 2 is 2.10 bits per heavy atom. The first-order chi connectivity index (χ1) is 4.50. The molecule has 0 heterocycles. The average Bonchev–Trinajstić information content (AvgIpc) is 1.62. The molecule has 0 aromatic heterocycles. The van der Waals surface area contributed by atoms with E-state index < -0.39 is 11.0 Å². The van der Waals surface area contributed by atoms with E-state index in [9.17, 15) is 0 Å². The van der Waals surface area contributed by atoms with Gasteiger partial charge in [0.2, 0.25) is 0 Å². The number of nitrogens with two attached hydrogens (primary N) is 1. The predicted octanol–water partition coefficient (Wildman–Crippen LogP) is -0.266. The van der Waals surface area contributed by atoms with E-state index in [1.807, 2.05) is 0 Å². The van der Waals surface area contributed by atoms with Crippen molar-refractivity contribution >= 4 is 5.96 Å². The molecule has 0 aliphatic carbocycles. The highest BCUT2D eigenvalue weighted by atomic mass is 16.9. The number of rotatable bonds is 0. The van der Waals surface area contributed by atoms with Gasteiger partial charge in [-0.1, -0.05) is 0 Å². The van der Waals surface area contributed by atoms with Crippen molar-refractivity contribution in [1.29, 1.82) is 5.41 Å². The van der Waals surface area contributed by atoms with Crippen LogP contribution in [-0.2, 0) is 0 Å². The molecule has 10 heavy (non-hydrogen) atoms. The molecule has 0 unspecified atom stereocenters. The molecule has 0 bridgehead atoms. The molecule has 0 aliphatic heterocycles. The fraction of sp³-hybridized carbons (Fsp3) is 0. The van der Waals surface area contributed by atoms with Crippen molar-refractivity contribution in [3.63, 3.8) is 0 Å². The first-order valence-electron chi connectivity index (χ1n) is 1.74. The average molecular weight is 149 g/mol. The van der Waals surface area contributed by atoms with Crippen LogP contribution in [0.1, 0.15) is 0 Å². The second-order valence-electron chi connectivity index (χ2n) is 0.827. The zero-order chi connectivity index (χ0) is 8.57. The summed E-state index contributed by atoms with van der Waals surface area (Å²) in [6.45, 7) is 0. The van der Waals surface area contributed by atoms with Crippen LogP contribution in [-0.4, -0.2) is 21.5 Å². The van der Waals surface area contributed by atoms with Crippen molar-refractivity contribution in [3.05, 3.63) is 15.3 Å². The van der Waals surface area contributed by atoms with Gasteiger partial charge in [0.05, 0.1) is 0 Å². The molecule has 0 amide bonds. The summed E-state index contributed by atoms with van der Waals surface area (Å²) in [5, 5.41) is 21.4. The van der Waals surface area contributed by atoms with Crippen molar-refractivity contribution in [2.24, 2.45) is 10.8 Å². The van der Waals surface area contributed by atoms with Crippen molar-refractivity contribution in [1.82, 2.24) is 0 Å². The summed E-state index contributed by atoms with van der Waals surface area (Å²) in [7, 11) is 0.